The maximum Gasteiger partial charge on any atom is 0.278 e. The smallest absolute Gasteiger partial charge is 0.278 e. The lowest BCUT2D eigenvalue weighted by Gasteiger charge is -2.20. The van der Waals surface area contributed by atoms with Crippen molar-refractivity contribution in [1.82, 2.24) is 30.4 Å². The minimum Gasteiger partial charge on any atom is -0.481 e. The number of hydrogen-bond acceptors (Lipinski definition) is 8. The molecule has 12 heteroatoms. The molecule has 4 heterocycles. The monoisotopic (exact) mass is 655 g/mol. The van der Waals surface area contributed by atoms with Crippen molar-refractivity contribution in [2.75, 3.05) is 19.0 Å². The van der Waals surface area contributed by atoms with Gasteiger partial charge in [-0.3, -0.25) is 9.59 Å². The normalized spacial score (nSPS) is 17.3. The molecule has 2 atom stereocenters. The number of aromatic nitrogens is 4. The molecule has 2 aromatic carbocycles. The molecule has 2 aliphatic rings. The number of hydrogen-bond donors (Lipinski definition) is 3. The lowest BCUT2D eigenvalue weighted by Crippen LogP contribution is -2.36. The van der Waals surface area contributed by atoms with Gasteiger partial charge in [0.2, 0.25) is 11.8 Å². The number of methoxy groups -OCH3 is 1. The SMILES string of the molecule is COc1nc(-c2cccc(-c3cccc(Nc4nccc5cnn(C)c(=O)c45)c3Cl)c2Cl)cc2c1C(NC[C@@H]1CCC(=O)N1)CC2. The summed E-state index contributed by atoms with van der Waals surface area (Å²) >= 11 is 14.1. The van der Waals surface area contributed by atoms with Crippen LogP contribution in [0.2, 0.25) is 10.0 Å². The van der Waals surface area contributed by atoms with Gasteiger partial charge in [0.15, 0.2) is 0 Å². The summed E-state index contributed by atoms with van der Waals surface area (Å²) in [5.41, 5.74) is 5.43. The Balaban J connectivity index is 1.21. The molecule has 0 radical (unpaired) electrons. The van der Waals surface area contributed by atoms with E-state index < -0.39 is 0 Å². The Morgan fingerprint density at radius 1 is 1.02 bits per heavy atom. The van der Waals surface area contributed by atoms with Crippen molar-refractivity contribution >= 4 is 51.4 Å². The van der Waals surface area contributed by atoms with Gasteiger partial charge in [0.25, 0.3) is 5.56 Å². The van der Waals surface area contributed by atoms with Gasteiger partial charge in [0.1, 0.15) is 5.82 Å². The zero-order chi connectivity index (χ0) is 31.9. The molecule has 1 fully saturated rings. The number of rotatable bonds is 8. The Bertz CT molecular complexity index is 2070. The summed E-state index contributed by atoms with van der Waals surface area (Å²) in [5, 5.41) is 16.0. The molecule has 0 bridgehead atoms. The largest absolute Gasteiger partial charge is 0.481 e. The van der Waals surface area contributed by atoms with E-state index in [9.17, 15) is 9.59 Å². The molecular weight excluding hydrogens is 625 g/mol. The van der Waals surface area contributed by atoms with E-state index in [4.69, 9.17) is 32.9 Å². The van der Waals surface area contributed by atoms with E-state index in [1.165, 1.54) is 4.68 Å². The van der Waals surface area contributed by atoms with Crippen LogP contribution in [0.25, 0.3) is 33.2 Å². The Morgan fingerprint density at radius 3 is 2.59 bits per heavy atom. The zero-order valence-corrected chi connectivity index (χ0v) is 26.7. The van der Waals surface area contributed by atoms with E-state index >= 15 is 0 Å². The average molecular weight is 657 g/mol. The van der Waals surface area contributed by atoms with E-state index in [2.05, 4.69) is 32.1 Å². The van der Waals surface area contributed by atoms with Gasteiger partial charge < -0.3 is 20.7 Å². The highest BCUT2D eigenvalue weighted by Gasteiger charge is 2.30. The summed E-state index contributed by atoms with van der Waals surface area (Å²) in [6.07, 6.45) is 6.45. The third-order valence-electron chi connectivity index (χ3n) is 8.73. The van der Waals surface area contributed by atoms with Crippen molar-refractivity contribution < 1.29 is 9.53 Å². The second-order valence-corrected chi connectivity index (χ2v) is 12.3. The van der Waals surface area contributed by atoms with Crippen molar-refractivity contribution in [2.24, 2.45) is 7.05 Å². The number of nitrogens with zero attached hydrogens (tertiary/aromatic N) is 4. The number of halogens is 2. The lowest BCUT2D eigenvalue weighted by molar-refractivity contribution is -0.119. The number of ether oxygens (including phenoxy) is 1. The van der Waals surface area contributed by atoms with Gasteiger partial charge in [-0.05, 0) is 43.0 Å². The second-order valence-electron chi connectivity index (χ2n) is 11.5. The van der Waals surface area contributed by atoms with Crippen LogP contribution in [0.3, 0.4) is 0 Å². The third kappa shape index (κ3) is 5.46. The average Bonchev–Trinajstić information content (AvgIpc) is 3.68. The molecule has 1 amide bonds. The van der Waals surface area contributed by atoms with Crippen LogP contribution in [0.4, 0.5) is 11.5 Å². The first kappa shape index (κ1) is 30.2. The topological polar surface area (TPSA) is 123 Å². The summed E-state index contributed by atoms with van der Waals surface area (Å²) in [5.74, 6) is 1.06. The predicted molar refractivity (Wildman–Crippen MR) is 180 cm³/mol. The number of aryl methyl sites for hydroxylation is 2. The van der Waals surface area contributed by atoms with Crippen LogP contribution in [-0.2, 0) is 18.3 Å². The van der Waals surface area contributed by atoms with Gasteiger partial charge in [-0.1, -0.05) is 53.5 Å². The van der Waals surface area contributed by atoms with Crippen LogP contribution in [0.1, 0.15) is 36.4 Å². The molecule has 10 nitrogen and oxygen atoms in total. The molecule has 46 heavy (non-hydrogen) atoms. The van der Waals surface area contributed by atoms with Gasteiger partial charge in [-0.15, -0.1) is 0 Å². The van der Waals surface area contributed by atoms with E-state index in [1.54, 1.807) is 32.6 Å². The van der Waals surface area contributed by atoms with Crippen LogP contribution in [-0.4, -0.2) is 45.4 Å². The van der Waals surface area contributed by atoms with E-state index in [1.807, 2.05) is 36.4 Å². The molecule has 5 aromatic rings. The fraction of sp³-hybridized carbons (Fsp3) is 0.265. The van der Waals surface area contributed by atoms with Crippen LogP contribution in [0.5, 0.6) is 5.88 Å². The van der Waals surface area contributed by atoms with Gasteiger partial charge in [0.05, 0.1) is 40.1 Å². The number of pyridine rings is 2. The minimum absolute atomic E-state index is 0.0903. The number of benzene rings is 2. The van der Waals surface area contributed by atoms with Gasteiger partial charge in [-0.25, -0.2) is 14.6 Å². The van der Waals surface area contributed by atoms with Crippen LogP contribution >= 0.6 is 23.2 Å². The van der Waals surface area contributed by atoms with Crippen molar-refractivity contribution in [1.29, 1.82) is 0 Å². The molecule has 1 aliphatic heterocycles. The first-order chi connectivity index (χ1) is 22.3. The third-order valence-corrected chi connectivity index (χ3v) is 9.54. The molecule has 3 aromatic heterocycles. The van der Waals surface area contributed by atoms with Crippen LogP contribution in [0.15, 0.2) is 65.7 Å². The Kier molecular flexibility index (Phi) is 8.10. The van der Waals surface area contributed by atoms with Gasteiger partial charge >= 0.3 is 0 Å². The summed E-state index contributed by atoms with van der Waals surface area (Å²) in [7, 11) is 3.23. The first-order valence-corrected chi connectivity index (χ1v) is 15.8. The van der Waals surface area contributed by atoms with E-state index in [-0.39, 0.29) is 23.6 Å². The summed E-state index contributed by atoms with van der Waals surface area (Å²) in [6.45, 7) is 0.702. The number of nitrogens with one attached hydrogen (secondary N) is 3. The number of carbonyl (C=O) groups is 1. The van der Waals surface area contributed by atoms with Crippen molar-refractivity contribution in [3.8, 4) is 28.3 Å². The number of anilines is 2. The first-order valence-electron chi connectivity index (χ1n) is 15.1. The molecule has 0 saturated carbocycles. The quantitative estimate of drug-likeness (QED) is 0.187. The fourth-order valence-electron chi connectivity index (χ4n) is 6.39. The Morgan fingerprint density at radius 2 is 1.80 bits per heavy atom. The zero-order valence-electron chi connectivity index (χ0n) is 25.2. The maximum atomic E-state index is 12.9. The highest BCUT2D eigenvalue weighted by molar-refractivity contribution is 6.39. The Hall–Kier alpha value is -4.51. The molecule has 1 saturated heterocycles. The molecule has 1 unspecified atom stereocenters. The van der Waals surface area contributed by atoms with Gasteiger partial charge in [-0.2, -0.15) is 5.10 Å². The highest BCUT2D eigenvalue weighted by Crippen LogP contribution is 2.44. The maximum absolute atomic E-state index is 12.9. The Labute approximate surface area is 275 Å². The summed E-state index contributed by atoms with van der Waals surface area (Å²) < 4.78 is 7.08. The second kappa shape index (κ2) is 12.4. The molecule has 234 valence electrons. The van der Waals surface area contributed by atoms with Crippen LogP contribution in [0, 0.1) is 0 Å². The van der Waals surface area contributed by atoms with E-state index in [0.717, 1.165) is 41.5 Å². The predicted octanol–water partition coefficient (Wildman–Crippen LogP) is 5.97. The molecule has 3 N–H and O–H groups in total. The summed E-state index contributed by atoms with van der Waals surface area (Å²) in [4.78, 5) is 33.9. The number of fused-ring (bicyclic) bond motifs is 2. The van der Waals surface area contributed by atoms with Crippen LogP contribution < -0.4 is 26.2 Å². The van der Waals surface area contributed by atoms with Crippen molar-refractivity contribution in [3.05, 3.63) is 92.5 Å². The fourth-order valence-corrected chi connectivity index (χ4v) is 6.99. The molecular formula is C34H31Cl2N7O3. The summed E-state index contributed by atoms with van der Waals surface area (Å²) in [6, 6.07) is 15.4. The lowest BCUT2D eigenvalue weighted by atomic mass is 9.99. The molecule has 1 aliphatic carbocycles. The minimum atomic E-state index is -0.266. The molecule has 0 spiro atoms. The number of carbonyl (C=O) groups excluding carboxylic acids is 1. The highest BCUT2D eigenvalue weighted by atomic mass is 35.5. The van der Waals surface area contributed by atoms with E-state index in [0.29, 0.717) is 62.4 Å². The number of amides is 1. The van der Waals surface area contributed by atoms with Crippen molar-refractivity contribution in [3.63, 3.8) is 0 Å². The van der Waals surface area contributed by atoms with Gasteiger partial charge in [0, 0.05) is 65.9 Å². The molecule has 7 rings (SSSR count). The van der Waals surface area contributed by atoms with Crippen molar-refractivity contribution in [2.45, 2.75) is 37.8 Å². The standard InChI is InChI=1S/C34H31Cl2N7O3/c1-43-34(45)29-19(16-39-43)13-14-37-32(29)41-25-8-4-6-22(31(25)36)21-5-3-7-23(30(21)35)26-15-18-9-11-24(28(18)33(42-26)46-2)38-17-20-10-12-27(44)40-20/h3-8,13-16,20,24,38H,9-12,17H2,1-2H3,(H,37,41)(H,40,44)/t20-,24?/m0/s1.